The van der Waals surface area contributed by atoms with E-state index in [4.69, 9.17) is 5.73 Å². The summed E-state index contributed by atoms with van der Waals surface area (Å²) in [7, 11) is 0. The van der Waals surface area contributed by atoms with Crippen molar-refractivity contribution in [1.82, 2.24) is 0 Å². The van der Waals surface area contributed by atoms with Crippen molar-refractivity contribution < 1.29 is 4.79 Å². The molecule has 0 heterocycles. The number of benzene rings is 2. The van der Waals surface area contributed by atoms with Gasteiger partial charge in [-0.1, -0.05) is 90.1 Å². The maximum atomic E-state index is 11.0. The molecule has 0 unspecified atom stereocenters. The molecule has 1 amide bonds. The quantitative estimate of drug-likeness (QED) is 0.685. The fraction of sp³-hybridized carbons (Fsp3) is 0.409. The van der Waals surface area contributed by atoms with Crippen LogP contribution in [0.1, 0.15) is 69.1 Å². The summed E-state index contributed by atoms with van der Waals surface area (Å²) in [6.07, 6.45) is 2.10. The summed E-state index contributed by atoms with van der Waals surface area (Å²) in [4.78, 5) is 11.0. The topological polar surface area (TPSA) is 43.1 Å². The highest BCUT2D eigenvalue weighted by Gasteiger charge is 2.07. The summed E-state index contributed by atoms with van der Waals surface area (Å²) in [6, 6.07) is 15.9. The van der Waals surface area contributed by atoms with E-state index in [2.05, 4.69) is 32.9 Å². The summed E-state index contributed by atoms with van der Waals surface area (Å²) >= 11 is 0. The largest absolute Gasteiger partial charge is 0.366 e. The molecule has 0 aliphatic rings. The summed E-state index contributed by atoms with van der Waals surface area (Å²) in [5.74, 6) is -0.337. The third kappa shape index (κ3) is 10.6. The van der Waals surface area contributed by atoms with Gasteiger partial charge in [0.15, 0.2) is 0 Å². The first-order chi connectivity index (χ1) is 10.5. The first kappa shape index (κ1) is 26.8. The maximum absolute atomic E-state index is 11.0. The van der Waals surface area contributed by atoms with Gasteiger partial charge < -0.3 is 5.73 Å². The molecule has 2 aromatic carbocycles. The number of carbonyl (C=O) groups excluding carboxylic acids is 1. The number of hydrogen-bond donors (Lipinski definition) is 1. The molecule has 2 heteroatoms. The van der Waals surface area contributed by atoms with Gasteiger partial charge in [-0.15, -0.1) is 0 Å². The zero-order chi connectivity index (χ0) is 17.0. The van der Waals surface area contributed by atoms with E-state index in [1.165, 1.54) is 12.0 Å². The Labute approximate surface area is 150 Å². The van der Waals surface area contributed by atoms with Gasteiger partial charge in [0.05, 0.1) is 0 Å². The predicted molar refractivity (Wildman–Crippen MR) is 110 cm³/mol. The SMILES string of the molecule is C.C.CCC.CCc1c(C)cccc1C(N)=O.Cc1ccccc1. The van der Waals surface area contributed by atoms with Crippen LogP contribution >= 0.6 is 0 Å². The van der Waals surface area contributed by atoms with Crippen molar-refractivity contribution in [3.05, 3.63) is 70.8 Å². The minimum absolute atomic E-state index is 0. The third-order valence-corrected chi connectivity index (χ3v) is 2.97. The number of aryl methyl sites for hydroxylation is 2. The van der Waals surface area contributed by atoms with Crippen LogP contribution < -0.4 is 5.73 Å². The maximum Gasteiger partial charge on any atom is 0.248 e. The number of nitrogens with two attached hydrogens (primary N) is 1. The molecule has 0 saturated carbocycles. The molecule has 0 aromatic heterocycles. The second kappa shape index (κ2) is 15.8. The lowest BCUT2D eigenvalue weighted by Crippen LogP contribution is -2.14. The minimum atomic E-state index is -0.337. The Morgan fingerprint density at radius 2 is 1.38 bits per heavy atom. The average molecular weight is 332 g/mol. The van der Waals surface area contributed by atoms with Crippen molar-refractivity contribution in [2.45, 2.75) is 62.3 Å². The molecule has 0 spiro atoms. The van der Waals surface area contributed by atoms with Crippen LogP contribution in [0.2, 0.25) is 0 Å². The molecular formula is C22H37NO. The molecule has 0 aliphatic heterocycles. The van der Waals surface area contributed by atoms with Crippen LogP contribution in [0.3, 0.4) is 0 Å². The van der Waals surface area contributed by atoms with Gasteiger partial charge in [-0.25, -0.2) is 0 Å². The van der Waals surface area contributed by atoms with E-state index in [0.29, 0.717) is 5.56 Å². The van der Waals surface area contributed by atoms with E-state index < -0.39 is 0 Å². The second-order valence-corrected chi connectivity index (χ2v) is 5.18. The van der Waals surface area contributed by atoms with E-state index in [9.17, 15) is 4.79 Å². The molecule has 2 aromatic rings. The molecule has 0 fully saturated rings. The summed E-state index contributed by atoms with van der Waals surface area (Å²) in [5.41, 5.74) is 9.39. The molecule has 2 N–H and O–H groups in total. The lowest BCUT2D eigenvalue weighted by molar-refractivity contribution is 0.0999. The van der Waals surface area contributed by atoms with Gasteiger partial charge in [0, 0.05) is 5.56 Å². The van der Waals surface area contributed by atoms with Crippen molar-refractivity contribution in [1.29, 1.82) is 0 Å². The predicted octanol–water partition coefficient (Wildman–Crippen LogP) is 6.34. The fourth-order valence-corrected chi connectivity index (χ4v) is 1.94. The zero-order valence-electron chi connectivity index (χ0n) is 14.5. The van der Waals surface area contributed by atoms with Gasteiger partial charge in [-0.05, 0) is 37.5 Å². The van der Waals surface area contributed by atoms with Crippen molar-refractivity contribution in [3.8, 4) is 0 Å². The molecule has 0 atom stereocenters. The Balaban J connectivity index is -0.000000316. The number of primary amides is 1. The Morgan fingerprint density at radius 3 is 1.67 bits per heavy atom. The minimum Gasteiger partial charge on any atom is -0.366 e. The van der Waals surface area contributed by atoms with E-state index in [-0.39, 0.29) is 20.8 Å². The molecule has 0 saturated heterocycles. The Morgan fingerprint density at radius 1 is 0.875 bits per heavy atom. The normalized spacial score (nSPS) is 8.21. The monoisotopic (exact) mass is 331 g/mol. The van der Waals surface area contributed by atoms with Gasteiger partial charge >= 0.3 is 0 Å². The molecule has 2 nitrogen and oxygen atoms in total. The van der Waals surface area contributed by atoms with Crippen molar-refractivity contribution in [2.24, 2.45) is 5.73 Å². The highest BCUT2D eigenvalue weighted by Crippen LogP contribution is 2.13. The highest BCUT2D eigenvalue weighted by molar-refractivity contribution is 5.94. The number of rotatable bonds is 2. The summed E-state index contributed by atoms with van der Waals surface area (Å²) < 4.78 is 0. The highest BCUT2D eigenvalue weighted by atomic mass is 16.1. The number of amides is 1. The lowest BCUT2D eigenvalue weighted by Gasteiger charge is -2.06. The number of carbonyl (C=O) groups is 1. The third-order valence-electron chi connectivity index (χ3n) is 2.97. The summed E-state index contributed by atoms with van der Waals surface area (Å²) in [6.45, 7) is 10.3. The molecule has 2 rings (SSSR count). The van der Waals surface area contributed by atoms with Gasteiger partial charge in [0.1, 0.15) is 0 Å². The Bertz CT molecular complexity index is 547. The van der Waals surface area contributed by atoms with Crippen LogP contribution in [0.5, 0.6) is 0 Å². The lowest BCUT2D eigenvalue weighted by atomic mass is 9.99. The first-order valence-corrected chi connectivity index (χ1v) is 7.87. The zero-order valence-corrected chi connectivity index (χ0v) is 14.5. The van der Waals surface area contributed by atoms with Crippen LogP contribution in [0.25, 0.3) is 0 Å². The van der Waals surface area contributed by atoms with Crippen LogP contribution in [-0.4, -0.2) is 5.91 Å². The smallest absolute Gasteiger partial charge is 0.248 e. The standard InChI is InChI=1S/C10H13NO.C7H8.C3H8.2CH4/c1-3-8-7(2)5-4-6-9(8)10(11)12;1-7-5-3-2-4-6-7;1-3-2;;/h4-6H,3H2,1-2H3,(H2,11,12);2-6H,1H3;3H2,1-2H3;2*1H4. The van der Waals surface area contributed by atoms with Crippen molar-refractivity contribution in [3.63, 3.8) is 0 Å². The molecule has 0 bridgehead atoms. The fourth-order valence-electron chi connectivity index (χ4n) is 1.94. The van der Waals surface area contributed by atoms with E-state index in [0.717, 1.165) is 17.5 Å². The average Bonchev–Trinajstić information content (AvgIpc) is 2.49. The van der Waals surface area contributed by atoms with Gasteiger partial charge in [0.25, 0.3) is 0 Å². The molecule has 136 valence electrons. The van der Waals surface area contributed by atoms with Gasteiger partial charge in [0.2, 0.25) is 5.91 Å². The Kier molecular flexibility index (Phi) is 17.6. The van der Waals surface area contributed by atoms with Crippen LogP contribution in [0, 0.1) is 13.8 Å². The van der Waals surface area contributed by atoms with E-state index in [1.54, 1.807) is 6.07 Å². The molecule has 24 heavy (non-hydrogen) atoms. The van der Waals surface area contributed by atoms with Gasteiger partial charge in [-0.3, -0.25) is 4.79 Å². The van der Waals surface area contributed by atoms with Crippen LogP contribution in [0.4, 0.5) is 0 Å². The molecular weight excluding hydrogens is 294 g/mol. The number of hydrogen-bond acceptors (Lipinski definition) is 1. The molecule has 0 aliphatic carbocycles. The Hall–Kier alpha value is -2.09. The van der Waals surface area contributed by atoms with E-state index >= 15 is 0 Å². The molecule has 0 radical (unpaired) electrons. The first-order valence-electron chi connectivity index (χ1n) is 7.87. The van der Waals surface area contributed by atoms with Crippen LogP contribution in [0.15, 0.2) is 48.5 Å². The van der Waals surface area contributed by atoms with Crippen LogP contribution in [-0.2, 0) is 6.42 Å². The van der Waals surface area contributed by atoms with Crippen molar-refractivity contribution in [2.75, 3.05) is 0 Å². The van der Waals surface area contributed by atoms with Gasteiger partial charge in [-0.2, -0.15) is 0 Å². The summed E-state index contributed by atoms with van der Waals surface area (Å²) in [5, 5.41) is 0. The van der Waals surface area contributed by atoms with Crippen molar-refractivity contribution >= 4 is 5.91 Å². The second-order valence-electron chi connectivity index (χ2n) is 5.18. The van der Waals surface area contributed by atoms with E-state index in [1.807, 2.05) is 44.2 Å².